The lowest BCUT2D eigenvalue weighted by Crippen LogP contribution is -2.46. The number of fused-ring (bicyclic) bond motifs is 1. The Hall–Kier alpha value is -1.63. The maximum atomic E-state index is 6.12. The Bertz CT molecular complexity index is 946. The predicted molar refractivity (Wildman–Crippen MR) is 109 cm³/mol. The number of benzene rings is 1. The molecule has 1 aliphatic rings. The Labute approximate surface area is 166 Å². The predicted octanol–water partition coefficient (Wildman–Crippen LogP) is 4.08. The number of piperazine rings is 1. The van der Waals surface area contributed by atoms with Crippen molar-refractivity contribution in [3.8, 4) is 0 Å². The summed E-state index contributed by atoms with van der Waals surface area (Å²) in [6.07, 6.45) is 0. The zero-order valence-electron chi connectivity index (χ0n) is 14.9. The topological polar surface area (TPSA) is 36.7 Å². The molecule has 5 nitrogen and oxygen atoms in total. The molecule has 0 spiro atoms. The first-order valence-electron chi connectivity index (χ1n) is 8.75. The number of anilines is 1. The number of rotatable bonds is 3. The van der Waals surface area contributed by atoms with Crippen LogP contribution >= 0.6 is 27.5 Å². The first kappa shape index (κ1) is 17.8. The molecule has 0 bridgehead atoms. The van der Waals surface area contributed by atoms with Gasteiger partial charge in [-0.15, -0.1) is 0 Å². The minimum absolute atomic E-state index is 0.766. The maximum absolute atomic E-state index is 6.12. The second kappa shape index (κ2) is 7.18. The molecule has 26 heavy (non-hydrogen) atoms. The van der Waals surface area contributed by atoms with Crippen LogP contribution in [0.2, 0.25) is 5.02 Å². The van der Waals surface area contributed by atoms with Gasteiger partial charge >= 0.3 is 0 Å². The molecule has 1 saturated heterocycles. The molecule has 1 fully saturated rings. The number of hydrogen-bond donors (Lipinski definition) is 0. The van der Waals surface area contributed by atoms with Gasteiger partial charge in [0.1, 0.15) is 4.60 Å². The Balaban J connectivity index is 1.47. The minimum Gasteiger partial charge on any atom is -0.369 e. The van der Waals surface area contributed by atoms with E-state index in [0.29, 0.717) is 0 Å². The molecule has 0 aliphatic carbocycles. The molecule has 3 heterocycles. The molecule has 0 N–H and O–H groups in total. The van der Waals surface area contributed by atoms with Crippen molar-refractivity contribution in [2.24, 2.45) is 0 Å². The van der Waals surface area contributed by atoms with Crippen molar-refractivity contribution in [3.63, 3.8) is 0 Å². The molecular formula is C19H21BrClN5. The average molecular weight is 435 g/mol. The maximum Gasteiger partial charge on any atom is 0.235 e. The van der Waals surface area contributed by atoms with Gasteiger partial charge in [-0.05, 0) is 54.0 Å². The summed E-state index contributed by atoms with van der Waals surface area (Å²) in [5.74, 6) is 0.766. The van der Waals surface area contributed by atoms with Gasteiger partial charge in [-0.2, -0.15) is 0 Å². The van der Waals surface area contributed by atoms with E-state index in [0.717, 1.165) is 65.2 Å². The largest absolute Gasteiger partial charge is 0.369 e. The van der Waals surface area contributed by atoms with E-state index in [4.69, 9.17) is 16.6 Å². The van der Waals surface area contributed by atoms with Crippen LogP contribution in [0.4, 0.5) is 5.69 Å². The molecule has 4 rings (SSSR count). The summed E-state index contributed by atoms with van der Waals surface area (Å²) in [4.78, 5) is 14.1. The van der Waals surface area contributed by atoms with Crippen LogP contribution in [-0.4, -0.2) is 45.4 Å². The third-order valence-electron chi connectivity index (χ3n) is 4.84. The normalized spacial score (nSPS) is 15.8. The third-order valence-corrected chi connectivity index (χ3v) is 5.88. The monoisotopic (exact) mass is 433 g/mol. The Kier molecular flexibility index (Phi) is 4.90. The second-order valence-corrected chi connectivity index (χ2v) is 7.95. The van der Waals surface area contributed by atoms with Gasteiger partial charge in [0.15, 0.2) is 0 Å². The molecule has 0 radical (unpaired) electrons. The van der Waals surface area contributed by atoms with Gasteiger partial charge in [-0.3, -0.25) is 9.30 Å². The molecule has 0 atom stereocenters. The molecule has 7 heteroatoms. The molecule has 2 aromatic heterocycles. The van der Waals surface area contributed by atoms with Gasteiger partial charge in [-0.25, -0.2) is 9.97 Å². The van der Waals surface area contributed by atoms with Crippen LogP contribution in [-0.2, 0) is 6.54 Å². The highest BCUT2D eigenvalue weighted by Crippen LogP contribution is 2.24. The summed E-state index contributed by atoms with van der Waals surface area (Å²) >= 11 is 9.84. The first-order valence-corrected chi connectivity index (χ1v) is 9.92. The highest BCUT2D eigenvalue weighted by atomic mass is 79.9. The Morgan fingerprint density at radius 3 is 2.58 bits per heavy atom. The van der Waals surface area contributed by atoms with E-state index in [2.05, 4.69) is 54.2 Å². The lowest BCUT2D eigenvalue weighted by atomic mass is 10.2. The Morgan fingerprint density at radius 2 is 1.85 bits per heavy atom. The SMILES string of the molecule is Cc1cc(C)n2c(Br)c(CN3CCN(c4cccc(Cl)c4)CC3)nc2n1. The van der Waals surface area contributed by atoms with E-state index in [-0.39, 0.29) is 0 Å². The summed E-state index contributed by atoms with van der Waals surface area (Å²) in [6, 6.07) is 10.2. The zero-order chi connectivity index (χ0) is 18.3. The lowest BCUT2D eigenvalue weighted by molar-refractivity contribution is 0.247. The van der Waals surface area contributed by atoms with E-state index in [9.17, 15) is 0 Å². The first-order chi connectivity index (χ1) is 12.5. The lowest BCUT2D eigenvalue weighted by Gasteiger charge is -2.35. The standard InChI is InChI=1S/C19H21BrClN5/c1-13-10-14(2)26-18(20)17(23-19(26)22-13)12-24-6-8-25(9-7-24)16-5-3-4-15(21)11-16/h3-5,10-11H,6-9,12H2,1-2H3. The van der Waals surface area contributed by atoms with Crippen molar-refractivity contribution < 1.29 is 0 Å². The average Bonchev–Trinajstić information content (AvgIpc) is 2.91. The van der Waals surface area contributed by atoms with Crippen LogP contribution in [0.3, 0.4) is 0 Å². The number of hydrogen-bond acceptors (Lipinski definition) is 4. The fourth-order valence-electron chi connectivity index (χ4n) is 3.53. The summed E-state index contributed by atoms with van der Waals surface area (Å²) < 4.78 is 3.08. The molecule has 0 amide bonds. The number of aryl methyl sites for hydroxylation is 2. The van der Waals surface area contributed by atoms with Crippen molar-refractivity contribution >= 4 is 39.0 Å². The van der Waals surface area contributed by atoms with Crippen LogP contribution in [0.5, 0.6) is 0 Å². The zero-order valence-corrected chi connectivity index (χ0v) is 17.3. The van der Waals surface area contributed by atoms with Crippen molar-refractivity contribution in [1.82, 2.24) is 19.3 Å². The van der Waals surface area contributed by atoms with Crippen molar-refractivity contribution in [2.75, 3.05) is 31.1 Å². The molecule has 136 valence electrons. The summed E-state index contributed by atoms with van der Waals surface area (Å²) in [5, 5.41) is 0.789. The van der Waals surface area contributed by atoms with Gasteiger partial charge in [-0.1, -0.05) is 17.7 Å². The molecule has 0 saturated carbocycles. The van der Waals surface area contributed by atoms with Gasteiger partial charge < -0.3 is 4.90 Å². The Morgan fingerprint density at radius 1 is 1.08 bits per heavy atom. The van der Waals surface area contributed by atoms with Gasteiger partial charge in [0.05, 0.1) is 5.69 Å². The molecule has 3 aromatic rings. The number of nitrogens with zero attached hydrogens (tertiary/aromatic N) is 5. The molecule has 1 aliphatic heterocycles. The number of imidazole rings is 1. The summed E-state index contributed by atoms with van der Waals surface area (Å²) in [6.45, 7) is 8.89. The van der Waals surface area contributed by atoms with Gasteiger partial charge in [0.2, 0.25) is 5.78 Å². The van der Waals surface area contributed by atoms with Crippen molar-refractivity contribution in [3.05, 3.63) is 57.0 Å². The van der Waals surface area contributed by atoms with E-state index in [1.54, 1.807) is 0 Å². The van der Waals surface area contributed by atoms with Gasteiger partial charge in [0.25, 0.3) is 0 Å². The van der Waals surface area contributed by atoms with Gasteiger partial charge in [0, 0.05) is 54.8 Å². The molecular weight excluding hydrogens is 414 g/mol. The minimum atomic E-state index is 0.766. The summed E-state index contributed by atoms with van der Waals surface area (Å²) in [5.41, 5.74) is 4.38. The van der Waals surface area contributed by atoms with E-state index in [1.165, 1.54) is 5.69 Å². The van der Waals surface area contributed by atoms with Crippen molar-refractivity contribution in [1.29, 1.82) is 0 Å². The van der Waals surface area contributed by atoms with Crippen LogP contribution in [0, 0.1) is 13.8 Å². The smallest absolute Gasteiger partial charge is 0.235 e. The fraction of sp³-hybridized carbons (Fsp3) is 0.368. The number of aromatic nitrogens is 3. The van der Waals surface area contributed by atoms with Crippen LogP contribution < -0.4 is 4.90 Å². The van der Waals surface area contributed by atoms with Crippen LogP contribution in [0.15, 0.2) is 34.9 Å². The quantitative estimate of drug-likeness (QED) is 0.622. The second-order valence-electron chi connectivity index (χ2n) is 6.77. The van der Waals surface area contributed by atoms with E-state index >= 15 is 0 Å². The number of halogens is 2. The van der Waals surface area contributed by atoms with Crippen molar-refractivity contribution in [2.45, 2.75) is 20.4 Å². The van der Waals surface area contributed by atoms with Crippen LogP contribution in [0.1, 0.15) is 17.1 Å². The van der Waals surface area contributed by atoms with E-state index < -0.39 is 0 Å². The highest BCUT2D eigenvalue weighted by molar-refractivity contribution is 9.10. The summed E-state index contributed by atoms with van der Waals surface area (Å²) in [7, 11) is 0. The molecule has 1 aromatic carbocycles. The van der Waals surface area contributed by atoms with Crippen LogP contribution in [0.25, 0.3) is 5.78 Å². The molecule has 0 unspecified atom stereocenters. The van der Waals surface area contributed by atoms with E-state index in [1.807, 2.05) is 25.1 Å². The third kappa shape index (κ3) is 3.46. The fourth-order valence-corrected chi connectivity index (χ4v) is 4.36. The highest BCUT2D eigenvalue weighted by Gasteiger charge is 2.21.